The molecule has 0 aliphatic heterocycles. The maximum absolute atomic E-state index is 13.2. The molecule has 0 radical (unpaired) electrons. The molecule has 0 unspecified atom stereocenters. The number of imidazole rings is 4. The number of pyridine rings is 2. The molecule has 0 atom stereocenters. The van der Waals surface area contributed by atoms with Crippen molar-refractivity contribution in [1.29, 1.82) is 0 Å². The van der Waals surface area contributed by atoms with Gasteiger partial charge in [-0.2, -0.15) is 0 Å². The second kappa shape index (κ2) is 41.6. The number of amides is 8. The average Bonchev–Trinajstić information content (AvgIpc) is 0.987. The molecule has 768 valence electrons. The Bertz CT molecular complexity index is 7030. The molecule has 18 aliphatic carbocycles. The largest absolute Gasteiger partial charge is 0.349 e. The number of rotatable bonds is 20. The Hall–Kier alpha value is -14.3. The first-order chi connectivity index (χ1) is 73.3. The zero-order valence-corrected chi connectivity index (χ0v) is 85.1. The Morgan fingerprint density at radius 1 is 0.253 bits per heavy atom. The molecule has 18 aliphatic rings. The molecule has 14 aromatic rings. The number of benzene rings is 8. The summed E-state index contributed by atoms with van der Waals surface area (Å²) in [5, 5.41) is 25.8. The molecule has 8 amide bonds. The first kappa shape index (κ1) is 96.5. The number of nitrogens with zero attached hydrogens (tertiary/aromatic N) is 6. The van der Waals surface area contributed by atoms with E-state index in [0.717, 1.165) is 176 Å². The molecule has 0 spiro atoms. The number of anilines is 2. The highest BCUT2D eigenvalue weighted by molar-refractivity contribution is 6.06. The predicted octanol–water partition coefficient (Wildman–Crippen LogP) is 23.5. The minimum Gasteiger partial charge on any atom is -0.349 e. The van der Waals surface area contributed by atoms with Crippen molar-refractivity contribution in [2.24, 2.45) is 88.8 Å². The zero-order chi connectivity index (χ0) is 101. The fourth-order valence-corrected chi connectivity index (χ4v) is 30.7. The van der Waals surface area contributed by atoms with Gasteiger partial charge < -0.3 is 62.5 Å². The van der Waals surface area contributed by atoms with Crippen LogP contribution in [0.1, 0.15) is 295 Å². The molecule has 32 rings (SSSR count). The van der Waals surface area contributed by atoms with Crippen LogP contribution in [0, 0.1) is 88.8 Å². The topological polar surface area (TPSA) is 373 Å². The van der Waals surface area contributed by atoms with Crippen LogP contribution in [0.2, 0.25) is 0 Å². The minimum absolute atomic E-state index is 0.00977. The number of aromatic amines is 4. The van der Waals surface area contributed by atoms with Crippen molar-refractivity contribution in [2.75, 3.05) is 10.6 Å². The number of aromatic nitrogens is 10. The molecule has 6 heterocycles. The second-order valence-electron chi connectivity index (χ2n) is 47.2. The molecule has 150 heavy (non-hydrogen) atoms. The van der Waals surface area contributed by atoms with Gasteiger partial charge in [-0.05, 0) is 395 Å². The van der Waals surface area contributed by atoms with Crippen LogP contribution in [0.5, 0.6) is 0 Å². The Morgan fingerprint density at radius 3 is 0.833 bits per heavy atom. The number of carbonyl (C=O) groups excluding carboxylic acids is 8. The van der Waals surface area contributed by atoms with Crippen LogP contribution in [-0.2, 0) is 0 Å². The molecule has 6 aromatic heterocycles. The molecule has 26 heteroatoms. The van der Waals surface area contributed by atoms with Crippen LogP contribution >= 0.6 is 0 Å². The normalized spacial score (nSPS) is 27.3. The minimum atomic E-state index is -0.195. The van der Waals surface area contributed by atoms with Crippen molar-refractivity contribution < 1.29 is 38.4 Å². The fourth-order valence-electron chi connectivity index (χ4n) is 30.7. The van der Waals surface area contributed by atoms with Crippen LogP contribution in [0.25, 0.3) is 89.7 Å². The van der Waals surface area contributed by atoms with Gasteiger partial charge in [0.15, 0.2) is 0 Å². The lowest BCUT2D eigenvalue weighted by atomic mass is 9.53. The highest BCUT2D eigenvalue weighted by Crippen LogP contribution is 2.59. The van der Waals surface area contributed by atoms with E-state index in [9.17, 15) is 38.4 Å². The summed E-state index contributed by atoms with van der Waals surface area (Å²) in [5.41, 5.74) is 16.7. The summed E-state index contributed by atoms with van der Waals surface area (Å²) in [5.74, 6) is 14.3. The van der Waals surface area contributed by atoms with E-state index < -0.39 is 0 Å². The summed E-state index contributed by atoms with van der Waals surface area (Å²) < 4.78 is 0. The van der Waals surface area contributed by atoms with Crippen LogP contribution in [0.3, 0.4) is 0 Å². The number of hydrogen-bond donors (Lipinski definition) is 12. The van der Waals surface area contributed by atoms with E-state index >= 15 is 0 Å². The molecule has 8 aromatic carbocycles. The molecule has 0 saturated heterocycles. The van der Waals surface area contributed by atoms with Crippen molar-refractivity contribution in [3.63, 3.8) is 0 Å². The first-order valence-electron chi connectivity index (χ1n) is 56.0. The van der Waals surface area contributed by atoms with E-state index in [0.29, 0.717) is 121 Å². The fraction of sp³-hybridized carbons (Fsp3) is 0.435. The molecule has 12 N–H and O–H groups in total. The van der Waals surface area contributed by atoms with Gasteiger partial charge in [0.1, 0.15) is 23.3 Å². The van der Waals surface area contributed by atoms with Gasteiger partial charge in [-0.3, -0.25) is 48.3 Å². The number of hydrogen-bond acceptors (Lipinski definition) is 14. The van der Waals surface area contributed by atoms with Gasteiger partial charge in [0.2, 0.25) is 0 Å². The monoisotopic (exact) mass is 2000 g/mol. The average molecular weight is 2000 g/mol. The van der Waals surface area contributed by atoms with Crippen molar-refractivity contribution in [1.82, 2.24) is 81.7 Å². The summed E-state index contributed by atoms with van der Waals surface area (Å²) in [7, 11) is 0. The number of carbonyl (C=O) groups is 8. The summed E-state index contributed by atoms with van der Waals surface area (Å²) in [6.07, 6.45) is 47.9. The Labute approximate surface area is 873 Å². The third-order valence-electron chi connectivity index (χ3n) is 36.9. The van der Waals surface area contributed by atoms with Crippen molar-refractivity contribution in [3.05, 3.63) is 263 Å². The first-order valence-corrected chi connectivity index (χ1v) is 56.0. The number of fused-ring (bicyclic) bond motifs is 4. The maximum atomic E-state index is 13.2. The third kappa shape index (κ3) is 20.9. The molecule has 16 bridgehead atoms. The van der Waals surface area contributed by atoms with Crippen LogP contribution in [0.4, 0.5) is 11.4 Å². The van der Waals surface area contributed by atoms with Crippen LogP contribution in [-0.4, -0.2) is 133 Å². The second-order valence-corrected chi connectivity index (χ2v) is 47.2. The molecule has 18 saturated carbocycles. The van der Waals surface area contributed by atoms with Gasteiger partial charge in [0, 0.05) is 127 Å². The van der Waals surface area contributed by atoms with E-state index in [2.05, 4.69) is 72.4 Å². The Kier molecular flexibility index (Phi) is 26.7. The van der Waals surface area contributed by atoms with Gasteiger partial charge >= 0.3 is 0 Å². The van der Waals surface area contributed by atoms with E-state index in [1.807, 2.05) is 146 Å². The lowest BCUT2D eigenvalue weighted by Gasteiger charge is -2.56. The zero-order valence-electron chi connectivity index (χ0n) is 85.1. The third-order valence-corrected chi connectivity index (χ3v) is 36.9. The Balaban J connectivity index is 0.000000104. The van der Waals surface area contributed by atoms with Gasteiger partial charge in [0.05, 0.1) is 56.0 Å². The highest BCUT2D eigenvalue weighted by atomic mass is 16.2. The van der Waals surface area contributed by atoms with Crippen molar-refractivity contribution in [3.8, 4) is 45.6 Å². The van der Waals surface area contributed by atoms with E-state index in [1.165, 1.54) is 167 Å². The summed E-state index contributed by atoms with van der Waals surface area (Å²) >= 11 is 0. The van der Waals surface area contributed by atoms with Gasteiger partial charge in [0.25, 0.3) is 47.3 Å². The predicted molar refractivity (Wildman–Crippen MR) is 582 cm³/mol. The quantitative estimate of drug-likeness (QED) is 0.0316. The molecular formula is C124H134N18O8. The van der Waals surface area contributed by atoms with Gasteiger partial charge in [-0.1, -0.05) is 99.9 Å². The van der Waals surface area contributed by atoms with Crippen LogP contribution < -0.4 is 42.5 Å². The SMILES string of the molecule is O=C(NC1CCCCCC1)c1ccc2nc(-c3ccc(C(=O)NC45CC6CC(CC(C6)C4)C5)cc3)[nH]c2c1.O=C(NC1CCCCCC1)c1ccc2nc(-c3ccc(C(=O)NC4C5CC6CC(C5)CC4C6)cc3)[nH]c2c1.O=C(Nc1cccnc1)c1ccc(-c2nc3ccc(C(=O)NC4C5CC6CC(C5)CC4C6)cc3[nH]2)cc1.O=C(Nc1ccncc1)c1ccc(-c2nc3ccc(C(=O)NC4C5CC6CC(C5)CC4C6)cc3[nH]2)cc1. The van der Waals surface area contributed by atoms with Crippen molar-refractivity contribution in [2.45, 2.75) is 248 Å². The summed E-state index contributed by atoms with van der Waals surface area (Å²) in [6, 6.07) is 61.3. The van der Waals surface area contributed by atoms with Gasteiger partial charge in [-0.15, -0.1) is 0 Å². The molecular weight excluding hydrogens is 1870 g/mol. The van der Waals surface area contributed by atoms with E-state index in [-0.39, 0.29) is 64.9 Å². The van der Waals surface area contributed by atoms with Crippen molar-refractivity contribution >= 4 is 103 Å². The lowest BCUT2D eigenvalue weighted by molar-refractivity contribution is -0.0167. The lowest BCUT2D eigenvalue weighted by Crippen LogP contribution is -2.59. The number of H-pyrrole nitrogens is 4. The maximum Gasteiger partial charge on any atom is 0.255 e. The van der Waals surface area contributed by atoms with E-state index in [1.54, 1.807) is 73.3 Å². The van der Waals surface area contributed by atoms with E-state index in [4.69, 9.17) is 19.9 Å². The van der Waals surface area contributed by atoms with Gasteiger partial charge in [-0.25, -0.2) is 19.9 Å². The summed E-state index contributed by atoms with van der Waals surface area (Å²) in [6.45, 7) is 0. The Morgan fingerprint density at radius 2 is 0.527 bits per heavy atom. The standard InChI is InChI=1S/2C32H38N4O2.2C30H29N5O2/c37-30(33-26-5-3-1-2-4-6-26)25-11-12-27-28(16-25)35-29(34-27)23-7-9-24(10-8-23)31(38)36-32-17-20-13-21(18-32)15-22(14-20)19-32;37-31(36-29-24-14-19-13-20(16-24)17-25(29)15-19)22-9-7-21(8-10-22)30-34-27-12-11-23(18-28(27)35-30)32(38)33-26-5-3-1-2-4-6-26;36-29(32-24-7-9-31-10-8-24)20-3-1-19(2-4-20)28-33-25-6-5-21(16-26(25)34-28)30(37)35-27-22-12-17-11-18(14-22)15-23(27)13-17;36-29(32-24-2-1-9-31-16-24)20-5-3-19(4-6-20)28-33-25-8-7-21(15-26(25)34-28)30(37)35-27-22-11-17-10-18(13-22)14-23(27)12-17/h7-12,16,20-22,26H,1-6,13-15,17-19H2,(H,33,37)(H,34,35)(H,36,38);7-12,18-20,24-26,29H,1-6,13-17H2,(H,33,38)(H,34,35)(H,36,37);1-10,16-18,22-23,27H,11-15H2,(H,33,34)(H,35,37)(H,31,32,36);1-9,15-18,22-23,27H,10-14H2,(H,32,36)(H,33,34)(H,35,37). The molecule has 18 fully saturated rings. The number of nitrogens with one attached hydrogen (secondary N) is 12. The van der Waals surface area contributed by atoms with Crippen LogP contribution in [0.15, 0.2) is 219 Å². The summed E-state index contributed by atoms with van der Waals surface area (Å²) in [4.78, 5) is 144. The highest BCUT2D eigenvalue weighted by Gasteiger charge is 2.54. The molecule has 26 nitrogen and oxygen atoms in total. The smallest absolute Gasteiger partial charge is 0.255 e.